The zero-order chi connectivity index (χ0) is 20.3. The van der Waals surface area contributed by atoms with Crippen LogP contribution in [0.3, 0.4) is 0 Å². The highest BCUT2D eigenvalue weighted by atomic mass is 32.1. The highest BCUT2D eigenvalue weighted by molar-refractivity contribution is 7.19. The third kappa shape index (κ3) is 4.63. The lowest BCUT2D eigenvalue weighted by atomic mass is 10.1. The summed E-state index contributed by atoms with van der Waals surface area (Å²) in [5.74, 6) is 1.51. The number of benzene rings is 1. The predicted molar refractivity (Wildman–Crippen MR) is 118 cm³/mol. The van der Waals surface area contributed by atoms with Crippen molar-refractivity contribution in [3.8, 4) is 10.9 Å². The zero-order valence-electron chi connectivity index (χ0n) is 17.0. The number of hydrogen-bond acceptors (Lipinski definition) is 6. The molecule has 3 heterocycles. The molecule has 1 amide bonds. The predicted octanol–water partition coefficient (Wildman–Crippen LogP) is 3.97. The van der Waals surface area contributed by atoms with Crippen molar-refractivity contribution in [1.82, 2.24) is 19.8 Å². The molecule has 1 aromatic carbocycles. The molecular weight excluding hydrogens is 396 g/mol. The molecule has 2 fully saturated rings. The first kappa shape index (κ1) is 19.5. The highest BCUT2D eigenvalue weighted by Crippen LogP contribution is 2.31. The number of fused-ring (bicyclic) bond motifs is 1. The average Bonchev–Trinajstić information content (AvgIpc) is 3.57. The number of carbonyl (C=O) groups is 1. The number of amides is 1. The maximum atomic E-state index is 12.3. The summed E-state index contributed by atoms with van der Waals surface area (Å²) in [5, 5.41) is 0.617. The van der Waals surface area contributed by atoms with Crippen molar-refractivity contribution in [2.24, 2.45) is 5.92 Å². The fraction of sp³-hybridized carbons (Fsp3) is 0.435. The minimum absolute atomic E-state index is 0.330. The van der Waals surface area contributed by atoms with Crippen molar-refractivity contribution in [3.63, 3.8) is 0 Å². The summed E-state index contributed by atoms with van der Waals surface area (Å²) in [5.41, 5.74) is 2.16. The van der Waals surface area contributed by atoms with Gasteiger partial charge in [0.15, 0.2) is 0 Å². The van der Waals surface area contributed by atoms with E-state index in [0.717, 1.165) is 74.5 Å². The fourth-order valence-corrected chi connectivity index (χ4v) is 4.69. The lowest BCUT2D eigenvalue weighted by molar-refractivity contribution is -0.132. The molecule has 1 aliphatic carbocycles. The van der Waals surface area contributed by atoms with Gasteiger partial charge in [-0.2, -0.15) is 0 Å². The molecular formula is C23H26N4O2S. The van der Waals surface area contributed by atoms with Gasteiger partial charge in [0.2, 0.25) is 5.91 Å². The van der Waals surface area contributed by atoms with Crippen LogP contribution >= 0.6 is 11.3 Å². The van der Waals surface area contributed by atoms with Gasteiger partial charge in [0.25, 0.3) is 5.19 Å². The Balaban J connectivity index is 1.12. The molecule has 1 saturated carbocycles. The third-order valence-electron chi connectivity index (χ3n) is 5.82. The molecule has 2 aliphatic rings. The van der Waals surface area contributed by atoms with Gasteiger partial charge in [0.05, 0.1) is 0 Å². The average molecular weight is 423 g/mol. The topological polar surface area (TPSA) is 58.6 Å². The Bertz CT molecular complexity index is 982. The Morgan fingerprint density at radius 3 is 2.77 bits per heavy atom. The molecule has 6 nitrogen and oxygen atoms in total. The SMILES string of the molecule is O=C(C1CC1)N1CCCN(CCc2ccc(Oc3nc4cccnc4s3)cc2)CC1. The molecule has 0 atom stereocenters. The molecule has 0 bridgehead atoms. The van der Waals surface area contributed by atoms with E-state index in [2.05, 4.69) is 31.9 Å². The molecule has 0 N–H and O–H groups in total. The van der Waals surface area contributed by atoms with E-state index in [4.69, 9.17) is 4.74 Å². The largest absolute Gasteiger partial charge is 0.431 e. The molecule has 1 aliphatic heterocycles. The van der Waals surface area contributed by atoms with Crippen LogP contribution < -0.4 is 4.74 Å². The Morgan fingerprint density at radius 1 is 1.10 bits per heavy atom. The summed E-state index contributed by atoms with van der Waals surface area (Å²) in [7, 11) is 0. The number of nitrogens with zero attached hydrogens (tertiary/aromatic N) is 4. The Kier molecular flexibility index (Phi) is 5.64. The number of aromatic nitrogens is 2. The maximum absolute atomic E-state index is 12.3. The lowest BCUT2D eigenvalue weighted by Gasteiger charge is -2.22. The van der Waals surface area contributed by atoms with Crippen LogP contribution in [0.4, 0.5) is 0 Å². The maximum Gasteiger partial charge on any atom is 0.281 e. The highest BCUT2D eigenvalue weighted by Gasteiger charge is 2.33. The summed E-state index contributed by atoms with van der Waals surface area (Å²) in [4.78, 5) is 26.5. The second kappa shape index (κ2) is 8.70. The van der Waals surface area contributed by atoms with Gasteiger partial charge in [0.1, 0.15) is 16.1 Å². The molecule has 0 spiro atoms. The second-order valence-corrected chi connectivity index (χ2v) is 9.04. The molecule has 2 aromatic heterocycles. The Hall–Kier alpha value is -2.51. The normalized spacial score (nSPS) is 17.8. The zero-order valence-corrected chi connectivity index (χ0v) is 17.8. The van der Waals surface area contributed by atoms with E-state index in [1.165, 1.54) is 16.9 Å². The molecule has 30 heavy (non-hydrogen) atoms. The Labute approximate surface area is 180 Å². The van der Waals surface area contributed by atoms with Gasteiger partial charge in [-0.3, -0.25) is 4.79 Å². The van der Waals surface area contributed by atoms with Crippen LogP contribution in [0, 0.1) is 5.92 Å². The minimum atomic E-state index is 0.330. The number of rotatable bonds is 6. The van der Waals surface area contributed by atoms with Gasteiger partial charge >= 0.3 is 0 Å². The van der Waals surface area contributed by atoms with Gasteiger partial charge in [-0.15, -0.1) is 0 Å². The number of thiazole rings is 1. The monoisotopic (exact) mass is 422 g/mol. The summed E-state index contributed by atoms with van der Waals surface area (Å²) in [6.45, 7) is 4.86. The molecule has 0 radical (unpaired) electrons. The van der Waals surface area contributed by atoms with Crippen molar-refractivity contribution >= 4 is 27.6 Å². The molecule has 3 aromatic rings. The van der Waals surface area contributed by atoms with Crippen molar-refractivity contribution in [2.75, 3.05) is 32.7 Å². The number of ether oxygens (including phenoxy) is 1. The van der Waals surface area contributed by atoms with E-state index in [9.17, 15) is 4.79 Å². The lowest BCUT2D eigenvalue weighted by Crippen LogP contribution is -2.36. The standard InChI is InChI=1S/C23H26N4O2S/c28-22(18-6-7-18)27-13-2-12-26(15-16-27)14-10-17-4-8-19(9-5-17)29-23-25-20-3-1-11-24-21(20)30-23/h1,3-5,8-9,11,18H,2,6-7,10,12-16H2. The number of carbonyl (C=O) groups excluding carboxylic acids is 1. The summed E-state index contributed by atoms with van der Waals surface area (Å²) in [6, 6.07) is 12.1. The number of hydrogen-bond donors (Lipinski definition) is 0. The summed E-state index contributed by atoms with van der Waals surface area (Å²) < 4.78 is 5.91. The van der Waals surface area contributed by atoms with Crippen LogP contribution in [0.15, 0.2) is 42.6 Å². The van der Waals surface area contributed by atoms with Crippen LogP contribution in [-0.4, -0.2) is 58.4 Å². The van der Waals surface area contributed by atoms with E-state index >= 15 is 0 Å². The number of pyridine rings is 1. The quantitative estimate of drug-likeness (QED) is 0.602. The first-order chi connectivity index (χ1) is 14.7. The van der Waals surface area contributed by atoms with Gasteiger partial charge in [0, 0.05) is 38.3 Å². The first-order valence-corrected chi connectivity index (χ1v) is 11.6. The van der Waals surface area contributed by atoms with Crippen LogP contribution in [0.2, 0.25) is 0 Å². The smallest absolute Gasteiger partial charge is 0.281 e. The van der Waals surface area contributed by atoms with Crippen LogP contribution in [-0.2, 0) is 11.2 Å². The van der Waals surface area contributed by atoms with Crippen LogP contribution in [0.1, 0.15) is 24.8 Å². The van der Waals surface area contributed by atoms with E-state index in [-0.39, 0.29) is 0 Å². The van der Waals surface area contributed by atoms with E-state index in [0.29, 0.717) is 17.0 Å². The minimum Gasteiger partial charge on any atom is -0.431 e. The van der Waals surface area contributed by atoms with E-state index in [1.807, 2.05) is 24.3 Å². The van der Waals surface area contributed by atoms with E-state index < -0.39 is 0 Å². The summed E-state index contributed by atoms with van der Waals surface area (Å²) in [6.07, 6.45) is 6.03. The second-order valence-electron chi connectivity index (χ2n) is 8.10. The van der Waals surface area contributed by atoms with Crippen LogP contribution in [0.5, 0.6) is 10.9 Å². The van der Waals surface area contributed by atoms with Crippen molar-refractivity contribution < 1.29 is 9.53 Å². The molecule has 156 valence electrons. The summed E-state index contributed by atoms with van der Waals surface area (Å²) >= 11 is 1.46. The molecule has 1 saturated heterocycles. The third-order valence-corrected chi connectivity index (χ3v) is 6.68. The van der Waals surface area contributed by atoms with Crippen molar-refractivity contribution in [2.45, 2.75) is 25.7 Å². The molecule has 5 rings (SSSR count). The van der Waals surface area contributed by atoms with Crippen LogP contribution in [0.25, 0.3) is 10.3 Å². The van der Waals surface area contributed by atoms with Crippen molar-refractivity contribution in [1.29, 1.82) is 0 Å². The molecule has 7 heteroatoms. The molecule has 0 unspecified atom stereocenters. The van der Waals surface area contributed by atoms with Crippen molar-refractivity contribution in [3.05, 3.63) is 48.2 Å². The van der Waals surface area contributed by atoms with E-state index in [1.54, 1.807) is 6.20 Å². The van der Waals surface area contributed by atoms with Gasteiger partial charge < -0.3 is 14.5 Å². The van der Waals surface area contributed by atoms with Gasteiger partial charge in [-0.25, -0.2) is 9.97 Å². The fourth-order valence-electron chi connectivity index (χ4n) is 3.91. The van der Waals surface area contributed by atoms with Gasteiger partial charge in [-0.05, 0) is 62.1 Å². The Morgan fingerprint density at radius 2 is 1.97 bits per heavy atom. The van der Waals surface area contributed by atoms with Gasteiger partial charge in [-0.1, -0.05) is 23.5 Å². The first-order valence-electron chi connectivity index (χ1n) is 10.7.